The van der Waals surface area contributed by atoms with Gasteiger partial charge in [-0.3, -0.25) is 10.1 Å². The van der Waals surface area contributed by atoms with E-state index in [1.54, 1.807) is 18.2 Å². The SMILES string of the molecule is CC(C)c1ccc(C=CC(=O)NC(=S)Nc2ccc(C(=O)O)cc2)cc1. The lowest BCUT2D eigenvalue weighted by atomic mass is 10.0. The highest BCUT2D eigenvalue weighted by atomic mass is 32.1. The average Bonchev–Trinajstić information content (AvgIpc) is 2.60. The van der Waals surface area contributed by atoms with Gasteiger partial charge in [-0.25, -0.2) is 4.79 Å². The first-order valence-electron chi connectivity index (χ1n) is 8.08. The molecular formula is C20H20N2O3S. The van der Waals surface area contributed by atoms with E-state index in [4.69, 9.17) is 17.3 Å². The van der Waals surface area contributed by atoms with Crippen molar-refractivity contribution in [2.75, 3.05) is 5.32 Å². The number of nitrogens with one attached hydrogen (secondary N) is 2. The Labute approximate surface area is 157 Å². The third-order valence-electron chi connectivity index (χ3n) is 3.66. The maximum atomic E-state index is 11.9. The Bertz CT molecular complexity index is 825. The molecule has 134 valence electrons. The molecule has 0 radical (unpaired) electrons. The summed E-state index contributed by atoms with van der Waals surface area (Å²) in [4.78, 5) is 22.7. The van der Waals surface area contributed by atoms with Crippen LogP contribution < -0.4 is 10.6 Å². The van der Waals surface area contributed by atoms with Crippen LogP contribution in [0.3, 0.4) is 0 Å². The van der Waals surface area contributed by atoms with E-state index in [0.717, 1.165) is 5.56 Å². The molecule has 1 amide bonds. The van der Waals surface area contributed by atoms with E-state index < -0.39 is 5.97 Å². The van der Waals surface area contributed by atoms with Crippen molar-refractivity contribution in [3.8, 4) is 0 Å². The lowest BCUT2D eigenvalue weighted by Gasteiger charge is -2.08. The van der Waals surface area contributed by atoms with Gasteiger partial charge in [-0.2, -0.15) is 0 Å². The fourth-order valence-corrected chi connectivity index (χ4v) is 2.39. The normalized spacial score (nSPS) is 10.7. The van der Waals surface area contributed by atoms with Gasteiger partial charge in [0.2, 0.25) is 5.91 Å². The minimum absolute atomic E-state index is 0.137. The number of hydrogen-bond donors (Lipinski definition) is 3. The molecule has 2 rings (SSSR count). The first kappa shape index (κ1) is 19.3. The largest absolute Gasteiger partial charge is 0.478 e. The standard InChI is InChI=1S/C20H20N2O3S/c1-13(2)15-6-3-14(4-7-15)5-12-18(23)22-20(26)21-17-10-8-16(9-11-17)19(24)25/h3-13H,1-2H3,(H,24,25)(H2,21,22,23,26). The smallest absolute Gasteiger partial charge is 0.335 e. The highest BCUT2D eigenvalue weighted by Gasteiger charge is 2.04. The lowest BCUT2D eigenvalue weighted by Crippen LogP contribution is -2.32. The van der Waals surface area contributed by atoms with Crippen molar-refractivity contribution in [1.29, 1.82) is 0 Å². The van der Waals surface area contributed by atoms with Gasteiger partial charge in [-0.05, 0) is 59.6 Å². The zero-order chi connectivity index (χ0) is 19.1. The Kier molecular flexibility index (Phi) is 6.63. The number of benzene rings is 2. The van der Waals surface area contributed by atoms with Crippen molar-refractivity contribution < 1.29 is 14.7 Å². The Hall–Kier alpha value is -2.99. The summed E-state index contributed by atoms with van der Waals surface area (Å²) in [6.45, 7) is 4.25. The Morgan fingerprint density at radius 2 is 1.65 bits per heavy atom. The highest BCUT2D eigenvalue weighted by molar-refractivity contribution is 7.80. The van der Waals surface area contributed by atoms with E-state index in [1.165, 1.54) is 23.8 Å². The number of anilines is 1. The first-order valence-corrected chi connectivity index (χ1v) is 8.49. The maximum Gasteiger partial charge on any atom is 0.335 e. The lowest BCUT2D eigenvalue weighted by molar-refractivity contribution is -0.115. The molecule has 26 heavy (non-hydrogen) atoms. The molecule has 0 bridgehead atoms. The number of carbonyl (C=O) groups excluding carboxylic acids is 1. The first-order chi connectivity index (χ1) is 12.3. The molecule has 0 aliphatic carbocycles. The Morgan fingerprint density at radius 3 is 2.19 bits per heavy atom. The van der Waals surface area contributed by atoms with Crippen LogP contribution in [-0.2, 0) is 4.79 Å². The second-order valence-electron chi connectivity index (χ2n) is 5.98. The molecule has 0 atom stereocenters. The molecule has 0 heterocycles. The van der Waals surface area contributed by atoms with Crippen molar-refractivity contribution in [2.24, 2.45) is 0 Å². The fourth-order valence-electron chi connectivity index (χ4n) is 2.18. The number of hydrogen-bond acceptors (Lipinski definition) is 3. The fraction of sp³-hybridized carbons (Fsp3) is 0.150. The number of rotatable bonds is 5. The van der Waals surface area contributed by atoms with E-state index >= 15 is 0 Å². The van der Waals surface area contributed by atoms with Crippen molar-refractivity contribution >= 4 is 41.0 Å². The van der Waals surface area contributed by atoms with E-state index in [0.29, 0.717) is 11.6 Å². The molecule has 3 N–H and O–H groups in total. The molecule has 0 spiro atoms. The van der Waals surface area contributed by atoms with Crippen LogP contribution >= 0.6 is 12.2 Å². The van der Waals surface area contributed by atoms with Crippen LogP contribution in [0.5, 0.6) is 0 Å². The predicted octanol–water partition coefficient (Wildman–Crippen LogP) is 4.03. The minimum Gasteiger partial charge on any atom is -0.478 e. The molecule has 0 saturated heterocycles. The van der Waals surface area contributed by atoms with E-state index in [9.17, 15) is 9.59 Å². The van der Waals surface area contributed by atoms with Gasteiger partial charge in [0.25, 0.3) is 0 Å². The van der Waals surface area contributed by atoms with Crippen molar-refractivity contribution in [3.63, 3.8) is 0 Å². The third kappa shape index (κ3) is 5.82. The number of aromatic carboxylic acids is 1. The summed E-state index contributed by atoms with van der Waals surface area (Å²) >= 11 is 5.08. The molecule has 5 nitrogen and oxygen atoms in total. The molecule has 0 aliphatic heterocycles. The maximum absolute atomic E-state index is 11.9. The van der Waals surface area contributed by atoms with Crippen LogP contribution in [0.2, 0.25) is 0 Å². The molecule has 0 saturated carbocycles. The Morgan fingerprint density at radius 1 is 1.04 bits per heavy atom. The molecule has 6 heteroatoms. The van der Waals surface area contributed by atoms with Gasteiger partial charge in [0, 0.05) is 11.8 Å². The van der Waals surface area contributed by atoms with Crippen molar-refractivity contribution in [1.82, 2.24) is 5.32 Å². The third-order valence-corrected chi connectivity index (χ3v) is 3.86. The summed E-state index contributed by atoms with van der Waals surface area (Å²) in [5.74, 6) is -0.888. The van der Waals surface area contributed by atoms with E-state index in [2.05, 4.69) is 24.5 Å². The molecule has 0 unspecified atom stereocenters. The number of amides is 1. The summed E-state index contributed by atoms with van der Waals surface area (Å²) in [6, 6.07) is 14.1. The number of carboxylic acid groups (broad SMARTS) is 1. The van der Waals surface area contributed by atoms with E-state index in [-0.39, 0.29) is 16.6 Å². The molecule has 2 aromatic rings. The van der Waals surface area contributed by atoms with Crippen molar-refractivity contribution in [2.45, 2.75) is 19.8 Å². The van der Waals surface area contributed by atoms with Crippen LogP contribution in [-0.4, -0.2) is 22.1 Å². The highest BCUT2D eigenvalue weighted by Crippen LogP contribution is 2.15. The van der Waals surface area contributed by atoms with Gasteiger partial charge < -0.3 is 10.4 Å². The summed E-state index contributed by atoms with van der Waals surface area (Å²) in [5.41, 5.74) is 2.93. The molecule has 0 aliphatic rings. The summed E-state index contributed by atoms with van der Waals surface area (Å²) in [6.07, 6.45) is 3.12. The van der Waals surface area contributed by atoms with Gasteiger partial charge in [-0.15, -0.1) is 0 Å². The second-order valence-corrected chi connectivity index (χ2v) is 6.39. The van der Waals surface area contributed by atoms with Gasteiger partial charge in [-0.1, -0.05) is 38.1 Å². The van der Waals surface area contributed by atoms with Gasteiger partial charge >= 0.3 is 5.97 Å². The monoisotopic (exact) mass is 368 g/mol. The minimum atomic E-state index is -1.00. The van der Waals surface area contributed by atoms with Crippen LogP contribution in [0.1, 0.15) is 41.3 Å². The quantitative estimate of drug-likeness (QED) is 0.548. The zero-order valence-corrected chi connectivity index (χ0v) is 15.3. The average molecular weight is 368 g/mol. The van der Waals surface area contributed by atoms with Crippen LogP contribution in [0.4, 0.5) is 5.69 Å². The zero-order valence-electron chi connectivity index (χ0n) is 14.5. The van der Waals surface area contributed by atoms with Crippen molar-refractivity contribution in [3.05, 3.63) is 71.3 Å². The second kappa shape index (κ2) is 8.92. The molecule has 0 aromatic heterocycles. The topological polar surface area (TPSA) is 78.4 Å². The van der Waals surface area contributed by atoms with Crippen LogP contribution in [0.15, 0.2) is 54.6 Å². The molecule has 0 fully saturated rings. The molecule has 2 aromatic carbocycles. The van der Waals surface area contributed by atoms with Gasteiger partial charge in [0.15, 0.2) is 5.11 Å². The van der Waals surface area contributed by atoms with E-state index in [1.807, 2.05) is 24.3 Å². The number of thiocarbonyl (C=S) groups is 1. The molecular weight excluding hydrogens is 348 g/mol. The summed E-state index contributed by atoms with van der Waals surface area (Å²) in [7, 11) is 0. The van der Waals surface area contributed by atoms with Gasteiger partial charge in [0.05, 0.1) is 5.56 Å². The number of carboxylic acids is 1. The summed E-state index contributed by atoms with van der Waals surface area (Å²) < 4.78 is 0. The Balaban J connectivity index is 1.88. The predicted molar refractivity (Wildman–Crippen MR) is 107 cm³/mol. The van der Waals surface area contributed by atoms with Crippen LogP contribution in [0, 0.1) is 0 Å². The number of carbonyl (C=O) groups is 2. The van der Waals surface area contributed by atoms with Gasteiger partial charge in [0.1, 0.15) is 0 Å². The van der Waals surface area contributed by atoms with Crippen LogP contribution in [0.25, 0.3) is 6.08 Å². The summed E-state index contributed by atoms with van der Waals surface area (Å²) in [5, 5.41) is 14.4.